The molecular weight excluding hydrogens is 244 g/mol. The minimum Gasteiger partial charge on any atom is -0.457 e. The van der Waals surface area contributed by atoms with Crippen LogP contribution in [-0.2, 0) is 9.53 Å². The predicted octanol–water partition coefficient (Wildman–Crippen LogP) is 3.07. The third-order valence-corrected chi connectivity index (χ3v) is 3.00. The molecule has 74 valence electrons. The lowest BCUT2D eigenvalue weighted by Gasteiger charge is -2.08. The van der Waals surface area contributed by atoms with E-state index in [1.807, 2.05) is 31.2 Å². The molecule has 0 aliphatic carbocycles. The van der Waals surface area contributed by atoms with Crippen LogP contribution in [0.25, 0.3) is 0 Å². The van der Waals surface area contributed by atoms with Gasteiger partial charge in [0.05, 0.1) is 5.92 Å². The number of esters is 1. The molecule has 0 bridgehead atoms. The van der Waals surface area contributed by atoms with Crippen LogP contribution < -0.4 is 0 Å². The second-order valence-corrected chi connectivity index (χ2v) is 4.53. The molecule has 3 heteroatoms. The van der Waals surface area contributed by atoms with E-state index in [-0.39, 0.29) is 18.0 Å². The molecule has 0 spiro atoms. The molecule has 1 heterocycles. The highest BCUT2D eigenvalue weighted by atomic mass is 79.9. The van der Waals surface area contributed by atoms with Gasteiger partial charge in [0, 0.05) is 10.9 Å². The molecule has 1 saturated heterocycles. The van der Waals surface area contributed by atoms with Gasteiger partial charge in [0.15, 0.2) is 0 Å². The Labute approximate surface area is 91.4 Å². The topological polar surface area (TPSA) is 26.3 Å². The van der Waals surface area contributed by atoms with Crippen LogP contribution in [0.4, 0.5) is 0 Å². The first-order chi connectivity index (χ1) is 6.66. The Bertz CT molecular complexity index is 345. The van der Waals surface area contributed by atoms with Crippen LogP contribution in [0.15, 0.2) is 28.7 Å². The van der Waals surface area contributed by atoms with Crippen LogP contribution in [0.1, 0.15) is 25.0 Å². The van der Waals surface area contributed by atoms with Gasteiger partial charge in [-0.15, -0.1) is 0 Å². The van der Waals surface area contributed by atoms with Crippen LogP contribution >= 0.6 is 15.9 Å². The highest BCUT2D eigenvalue weighted by molar-refractivity contribution is 9.10. The molecule has 1 aliphatic heterocycles. The molecule has 2 rings (SSSR count). The molecule has 0 N–H and O–H groups in total. The van der Waals surface area contributed by atoms with Gasteiger partial charge in [0.2, 0.25) is 0 Å². The largest absolute Gasteiger partial charge is 0.457 e. The van der Waals surface area contributed by atoms with Crippen molar-refractivity contribution in [2.45, 2.75) is 19.4 Å². The molecule has 14 heavy (non-hydrogen) atoms. The van der Waals surface area contributed by atoms with E-state index in [0.717, 1.165) is 16.5 Å². The van der Waals surface area contributed by atoms with Crippen LogP contribution in [0.3, 0.4) is 0 Å². The number of hydrogen-bond acceptors (Lipinski definition) is 2. The summed E-state index contributed by atoms with van der Waals surface area (Å²) in [4.78, 5) is 11.2. The average molecular weight is 255 g/mol. The summed E-state index contributed by atoms with van der Waals surface area (Å²) in [6, 6.07) is 7.90. The van der Waals surface area contributed by atoms with E-state index in [9.17, 15) is 4.79 Å². The van der Waals surface area contributed by atoms with Crippen LogP contribution in [-0.4, -0.2) is 5.97 Å². The number of hydrogen-bond donors (Lipinski definition) is 0. The summed E-state index contributed by atoms with van der Waals surface area (Å²) in [6.45, 7) is 1.90. The summed E-state index contributed by atoms with van der Waals surface area (Å²) in [5.41, 5.74) is 1.07. The third kappa shape index (κ3) is 1.82. The molecule has 2 nitrogen and oxygen atoms in total. The number of rotatable bonds is 1. The summed E-state index contributed by atoms with van der Waals surface area (Å²) < 4.78 is 6.29. The van der Waals surface area contributed by atoms with Gasteiger partial charge in [-0.25, -0.2) is 0 Å². The highest BCUT2D eigenvalue weighted by Gasteiger charge is 2.31. The maximum Gasteiger partial charge on any atom is 0.309 e. The zero-order valence-corrected chi connectivity index (χ0v) is 9.45. The Hall–Kier alpha value is -0.830. The number of carbonyl (C=O) groups excluding carboxylic acids is 1. The van der Waals surface area contributed by atoms with Crippen molar-refractivity contribution in [2.24, 2.45) is 5.92 Å². The summed E-state index contributed by atoms with van der Waals surface area (Å²) in [5, 5.41) is 0. The lowest BCUT2D eigenvalue weighted by atomic mass is 10.0. The molecule has 0 amide bonds. The monoisotopic (exact) mass is 254 g/mol. The van der Waals surface area contributed by atoms with Gasteiger partial charge in [-0.3, -0.25) is 4.79 Å². The number of carbonyl (C=O) groups is 1. The van der Waals surface area contributed by atoms with Crippen LogP contribution in [0.2, 0.25) is 0 Å². The van der Waals surface area contributed by atoms with Crippen molar-refractivity contribution in [3.05, 3.63) is 34.3 Å². The van der Waals surface area contributed by atoms with Crippen molar-refractivity contribution >= 4 is 21.9 Å². The first-order valence-corrected chi connectivity index (χ1v) is 5.42. The fourth-order valence-electron chi connectivity index (χ4n) is 1.60. The molecule has 0 radical (unpaired) electrons. The van der Waals surface area contributed by atoms with Gasteiger partial charge in [0.25, 0.3) is 0 Å². The van der Waals surface area contributed by atoms with Crippen molar-refractivity contribution in [3.63, 3.8) is 0 Å². The van der Waals surface area contributed by atoms with Crippen LogP contribution in [0.5, 0.6) is 0 Å². The summed E-state index contributed by atoms with van der Waals surface area (Å²) in [6.07, 6.45) is 0.742. The zero-order valence-electron chi connectivity index (χ0n) is 7.87. The maximum atomic E-state index is 11.2. The lowest BCUT2D eigenvalue weighted by Crippen LogP contribution is -2.01. The second kappa shape index (κ2) is 3.73. The Morgan fingerprint density at radius 1 is 1.36 bits per heavy atom. The van der Waals surface area contributed by atoms with Gasteiger partial charge < -0.3 is 4.74 Å². The van der Waals surface area contributed by atoms with Crippen molar-refractivity contribution in [1.29, 1.82) is 0 Å². The minimum atomic E-state index is -0.0853. The van der Waals surface area contributed by atoms with Crippen LogP contribution in [0, 0.1) is 5.92 Å². The summed E-state index contributed by atoms with van der Waals surface area (Å²) in [5.74, 6) is -0.0541. The van der Waals surface area contributed by atoms with Gasteiger partial charge in [0.1, 0.15) is 6.10 Å². The number of halogens is 1. The fraction of sp³-hybridized carbons (Fsp3) is 0.364. The van der Waals surface area contributed by atoms with E-state index in [2.05, 4.69) is 15.9 Å². The quantitative estimate of drug-likeness (QED) is 0.721. The van der Waals surface area contributed by atoms with E-state index >= 15 is 0 Å². The van der Waals surface area contributed by atoms with Gasteiger partial charge in [-0.1, -0.05) is 35.0 Å². The summed E-state index contributed by atoms with van der Waals surface area (Å²) >= 11 is 3.37. The summed E-state index contributed by atoms with van der Waals surface area (Å²) in [7, 11) is 0. The smallest absolute Gasteiger partial charge is 0.309 e. The van der Waals surface area contributed by atoms with Gasteiger partial charge in [-0.05, 0) is 17.7 Å². The molecule has 0 aromatic heterocycles. The maximum absolute atomic E-state index is 11.2. The Kier molecular flexibility index (Phi) is 2.59. The number of cyclic esters (lactones) is 1. The molecule has 1 aromatic carbocycles. The van der Waals surface area contributed by atoms with E-state index in [4.69, 9.17) is 4.74 Å². The van der Waals surface area contributed by atoms with E-state index in [0.29, 0.717) is 0 Å². The Balaban J connectivity index is 2.17. The molecule has 0 saturated carbocycles. The standard InChI is InChI=1S/C11H11BrO2/c1-7-6-10(14-11(7)13)8-2-4-9(12)5-3-8/h2-5,7,10H,6H2,1H3/t7-,10-/m1/s1. The zero-order chi connectivity index (χ0) is 10.1. The Morgan fingerprint density at radius 3 is 2.50 bits per heavy atom. The van der Waals surface area contributed by atoms with Crippen molar-refractivity contribution in [1.82, 2.24) is 0 Å². The predicted molar refractivity (Wildman–Crippen MR) is 56.8 cm³/mol. The third-order valence-electron chi connectivity index (χ3n) is 2.47. The number of benzene rings is 1. The molecular formula is C11H11BrO2. The van der Waals surface area contributed by atoms with E-state index in [1.165, 1.54) is 0 Å². The molecule has 2 atom stereocenters. The fourth-order valence-corrected chi connectivity index (χ4v) is 1.87. The lowest BCUT2D eigenvalue weighted by molar-refractivity contribution is -0.144. The first-order valence-electron chi connectivity index (χ1n) is 4.63. The van der Waals surface area contributed by atoms with E-state index in [1.54, 1.807) is 0 Å². The second-order valence-electron chi connectivity index (χ2n) is 3.61. The molecule has 1 aliphatic rings. The average Bonchev–Trinajstić information content (AvgIpc) is 2.48. The van der Waals surface area contributed by atoms with E-state index < -0.39 is 0 Å². The van der Waals surface area contributed by atoms with Crippen molar-refractivity contribution < 1.29 is 9.53 Å². The van der Waals surface area contributed by atoms with Crippen molar-refractivity contribution in [3.8, 4) is 0 Å². The first kappa shape index (κ1) is 9.71. The molecule has 1 fully saturated rings. The van der Waals surface area contributed by atoms with Gasteiger partial charge in [-0.2, -0.15) is 0 Å². The van der Waals surface area contributed by atoms with Crippen molar-refractivity contribution in [2.75, 3.05) is 0 Å². The Morgan fingerprint density at radius 2 is 2.00 bits per heavy atom. The SMILES string of the molecule is C[C@@H]1C[C@H](c2ccc(Br)cc2)OC1=O. The number of ether oxygens (including phenoxy) is 1. The molecule has 0 unspecified atom stereocenters. The normalized spacial score (nSPS) is 26.3. The molecule has 1 aromatic rings. The highest BCUT2D eigenvalue weighted by Crippen LogP contribution is 2.33. The minimum absolute atomic E-state index is 0.0312. The van der Waals surface area contributed by atoms with Gasteiger partial charge >= 0.3 is 5.97 Å².